The Balaban J connectivity index is 1.81. The summed E-state index contributed by atoms with van der Waals surface area (Å²) < 4.78 is 5.84. The second-order valence-corrected chi connectivity index (χ2v) is 5.01. The highest BCUT2D eigenvalue weighted by Gasteiger charge is 2.21. The minimum absolute atomic E-state index is 0.710. The molecule has 0 radical (unpaired) electrons. The van der Waals surface area contributed by atoms with Crippen LogP contribution < -0.4 is 5.32 Å². The van der Waals surface area contributed by atoms with E-state index in [1.165, 1.54) is 25.8 Å². The van der Waals surface area contributed by atoms with Gasteiger partial charge in [-0.2, -0.15) is 0 Å². The molecule has 0 saturated carbocycles. The third-order valence-corrected chi connectivity index (χ3v) is 3.49. The van der Waals surface area contributed by atoms with Crippen molar-refractivity contribution in [1.82, 2.24) is 10.2 Å². The summed E-state index contributed by atoms with van der Waals surface area (Å²) in [4.78, 5) is 2.50. The highest BCUT2D eigenvalue weighted by molar-refractivity contribution is 5.07. The van der Waals surface area contributed by atoms with Crippen LogP contribution in [0, 0.1) is 0 Å². The van der Waals surface area contributed by atoms with Crippen molar-refractivity contribution >= 4 is 0 Å². The molecule has 1 N–H and O–H groups in total. The average molecular weight is 236 g/mol. The van der Waals surface area contributed by atoms with Crippen molar-refractivity contribution in [1.29, 1.82) is 0 Å². The van der Waals surface area contributed by atoms with Crippen LogP contribution in [-0.2, 0) is 13.1 Å². The second kappa shape index (κ2) is 6.22. The Hall–Kier alpha value is -0.800. The lowest BCUT2D eigenvalue weighted by Crippen LogP contribution is -2.25. The van der Waals surface area contributed by atoms with Gasteiger partial charge in [0, 0.05) is 6.04 Å². The van der Waals surface area contributed by atoms with E-state index in [2.05, 4.69) is 36.2 Å². The molecule has 1 fully saturated rings. The van der Waals surface area contributed by atoms with Gasteiger partial charge in [0.25, 0.3) is 0 Å². The molecule has 2 heterocycles. The summed E-state index contributed by atoms with van der Waals surface area (Å²) in [5.41, 5.74) is 0. The summed E-state index contributed by atoms with van der Waals surface area (Å²) in [5.74, 6) is 2.16. The van der Waals surface area contributed by atoms with Crippen molar-refractivity contribution < 1.29 is 4.42 Å². The highest BCUT2D eigenvalue weighted by atomic mass is 16.3. The standard InChI is InChI=1S/C14H24N2O/c1-3-8-15-10-13-6-7-14(17-13)11-16-9-4-5-12(16)2/h6-7,12,15H,3-5,8-11H2,1-2H3. The summed E-state index contributed by atoms with van der Waals surface area (Å²) in [6.07, 6.45) is 3.82. The molecule has 17 heavy (non-hydrogen) atoms. The molecular weight excluding hydrogens is 212 g/mol. The number of likely N-dealkylation sites (tertiary alicyclic amines) is 1. The third kappa shape index (κ3) is 3.58. The van der Waals surface area contributed by atoms with Gasteiger partial charge in [-0.05, 0) is 51.4 Å². The molecular formula is C14H24N2O. The van der Waals surface area contributed by atoms with Gasteiger partial charge in [0.15, 0.2) is 0 Å². The van der Waals surface area contributed by atoms with E-state index in [0.29, 0.717) is 6.04 Å². The van der Waals surface area contributed by atoms with Gasteiger partial charge < -0.3 is 9.73 Å². The van der Waals surface area contributed by atoms with Gasteiger partial charge in [-0.15, -0.1) is 0 Å². The normalized spacial score (nSPS) is 21.2. The Morgan fingerprint density at radius 1 is 1.41 bits per heavy atom. The van der Waals surface area contributed by atoms with Crippen LogP contribution in [0.4, 0.5) is 0 Å². The zero-order valence-corrected chi connectivity index (χ0v) is 11.0. The molecule has 0 aliphatic carbocycles. The van der Waals surface area contributed by atoms with Gasteiger partial charge >= 0.3 is 0 Å². The van der Waals surface area contributed by atoms with E-state index in [-0.39, 0.29) is 0 Å². The van der Waals surface area contributed by atoms with Crippen LogP contribution in [0.3, 0.4) is 0 Å². The SMILES string of the molecule is CCCNCc1ccc(CN2CCCC2C)o1. The van der Waals surface area contributed by atoms with Crippen molar-refractivity contribution in [2.45, 2.75) is 52.2 Å². The van der Waals surface area contributed by atoms with Gasteiger partial charge in [0.2, 0.25) is 0 Å². The first-order valence-electron chi connectivity index (χ1n) is 6.82. The molecule has 0 amide bonds. The Kier molecular flexibility index (Phi) is 4.63. The maximum Gasteiger partial charge on any atom is 0.118 e. The van der Waals surface area contributed by atoms with E-state index in [1.807, 2.05) is 0 Å². The Morgan fingerprint density at radius 2 is 2.24 bits per heavy atom. The molecule has 1 aromatic rings. The van der Waals surface area contributed by atoms with Crippen molar-refractivity contribution in [2.75, 3.05) is 13.1 Å². The lowest BCUT2D eigenvalue weighted by molar-refractivity contribution is 0.235. The minimum Gasteiger partial charge on any atom is -0.463 e. The lowest BCUT2D eigenvalue weighted by atomic mass is 10.2. The van der Waals surface area contributed by atoms with E-state index in [4.69, 9.17) is 4.42 Å². The van der Waals surface area contributed by atoms with Crippen LogP contribution in [0.1, 0.15) is 44.6 Å². The summed E-state index contributed by atoms with van der Waals surface area (Å²) in [6, 6.07) is 4.92. The first-order valence-corrected chi connectivity index (χ1v) is 6.82. The molecule has 3 heteroatoms. The molecule has 1 unspecified atom stereocenters. The zero-order valence-electron chi connectivity index (χ0n) is 11.0. The van der Waals surface area contributed by atoms with Gasteiger partial charge in [0.05, 0.1) is 13.1 Å². The number of nitrogens with one attached hydrogen (secondary N) is 1. The molecule has 3 nitrogen and oxygen atoms in total. The quantitative estimate of drug-likeness (QED) is 0.770. The Labute approximate surface area is 104 Å². The number of hydrogen-bond donors (Lipinski definition) is 1. The van der Waals surface area contributed by atoms with Crippen LogP contribution in [-0.4, -0.2) is 24.0 Å². The van der Waals surface area contributed by atoms with Crippen LogP contribution in [0.15, 0.2) is 16.5 Å². The largest absolute Gasteiger partial charge is 0.463 e. The molecule has 0 bridgehead atoms. The molecule has 2 rings (SSSR count). The van der Waals surface area contributed by atoms with Crippen LogP contribution in [0.5, 0.6) is 0 Å². The van der Waals surface area contributed by atoms with E-state index < -0.39 is 0 Å². The maximum atomic E-state index is 5.84. The molecule has 1 aliphatic rings. The molecule has 1 saturated heterocycles. The van der Waals surface area contributed by atoms with Gasteiger partial charge in [-0.3, -0.25) is 4.90 Å². The first kappa shape index (κ1) is 12.7. The van der Waals surface area contributed by atoms with E-state index in [9.17, 15) is 0 Å². The van der Waals surface area contributed by atoms with E-state index in [1.54, 1.807) is 0 Å². The zero-order chi connectivity index (χ0) is 12.1. The fourth-order valence-corrected chi connectivity index (χ4v) is 2.42. The van der Waals surface area contributed by atoms with Crippen LogP contribution in [0.2, 0.25) is 0 Å². The monoisotopic (exact) mass is 236 g/mol. The molecule has 96 valence electrons. The molecule has 1 aromatic heterocycles. The van der Waals surface area contributed by atoms with Crippen LogP contribution in [0.25, 0.3) is 0 Å². The van der Waals surface area contributed by atoms with Gasteiger partial charge in [0.1, 0.15) is 11.5 Å². The Bertz CT molecular complexity index is 335. The fourth-order valence-electron chi connectivity index (χ4n) is 2.42. The van der Waals surface area contributed by atoms with Gasteiger partial charge in [-0.25, -0.2) is 0 Å². The van der Waals surface area contributed by atoms with Crippen molar-refractivity contribution in [3.8, 4) is 0 Å². The van der Waals surface area contributed by atoms with E-state index in [0.717, 1.165) is 31.2 Å². The summed E-state index contributed by atoms with van der Waals surface area (Å²) >= 11 is 0. The number of hydrogen-bond acceptors (Lipinski definition) is 3. The van der Waals surface area contributed by atoms with Crippen molar-refractivity contribution in [3.63, 3.8) is 0 Å². The number of furan rings is 1. The predicted octanol–water partition coefficient (Wildman–Crippen LogP) is 2.76. The van der Waals surface area contributed by atoms with Crippen molar-refractivity contribution in [3.05, 3.63) is 23.7 Å². The predicted molar refractivity (Wildman–Crippen MR) is 69.8 cm³/mol. The smallest absolute Gasteiger partial charge is 0.118 e. The summed E-state index contributed by atoms with van der Waals surface area (Å²) in [6.45, 7) is 8.57. The lowest BCUT2D eigenvalue weighted by Gasteiger charge is -2.19. The molecule has 1 atom stereocenters. The molecule has 1 aliphatic heterocycles. The number of rotatable bonds is 6. The third-order valence-electron chi connectivity index (χ3n) is 3.49. The fraction of sp³-hybridized carbons (Fsp3) is 0.714. The average Bonchev–Trinajstić information content (AvgIpc) is 2.91. The molecule has 0 aromatic carbocycles. The summed E-state index contributed by atoms with van der Waals surface area (Å²) in [5, 5.41) is 3.36. The number of nitrogens with zero attached hydrogens (tertiary/aromatic N) is 1. The maximum absolute atomic E-state index is 5.84. The topological polar surface area (TPSA) is 28.4 Å². The Morgan fingerprint density at radius 3 is 2.94 bits per heavy atom. The summed E-state index contributed by atoms with van der Waals surface area (Å²) in [7, 11) is 0. The first-order chi connectivity index (χ1) is 8.29. The van der Waals surface area contributed by atoms with Crippen molar-refractivity contribution in [2.24, 2.45) is 0 Å². The highest BCUT2D eigenvalue weighted by Crippen LogP contribution is 2.20. The van der Waals surface area contributed by atoms with Crippen LogP contribution >= 0.6 is 0 Å². The minimum atomic E-state index is 0.710. The second-order valence-electron chi connectivity index (χ2n) is 5.01. The molecule has 0 spiro atoms. The van der Waals surface area contributed by atoms with E-state index >= 15 is 0 Å². The van der Waals surface area contributed by atoms with Gasteiger partial charge in [-0.1, -0.05) is 6.92 Å².